The summed E-state index contributed by atoms with van der Waals surface area (Å²) in [7, 11) is 4.28. The van der Waals surface area contributed by atoms with E-state index in [1.165, 1.54) is 4.90 Å². The number of nitrogens with one attached hydrogen (secondary N) is 1. The van der Waals surface area contributed by atoms with Gasteiger partial charge in [0.1, 0.15) is 12.0 Å². The molecular weight excluding hydrogens is 298 g/mol. The van der Waals surface area contributed by atoms with E-state index in [1.807, 2.05) is 60.7 Å². The van der Waals surface area contributed by atoms with E-state index in [-0.39, 0.29) is 18.0 Å². The summed E-state index contributed by atoms with van der Waals surface area (Å²) in [6.45, 7) is 0. The van der Waals surface area contributed by atoms with E-state index in [2.05, 4.69) is 14.1 Å². The van der Waals surface area contributed by atoms with Gasteiger partial charge in [-0.05, 0) is 24.0 Å². The first-order valence-corrected chi connectivity index (χ1v) is 8.77. The summed E-state index contributed by atoms with van der Waals surface area (Å²) in [6.07, 6.45) is 3.26. The Kier molecular flexibility index (Phi) is 5.31. The van der Waals surface area contributed by atoms with Gasteiger partial charge in [0.25, 0.3) is 0 Å². The quantitative estimate of drug-likeness (QED) is 0.857. The van der Waals surface area contributed by atoms with Crippen LogP contribution in [0.3, 0.4) is 0 Å². The highest BCUT2D eigenvalue weighted by Crippen LogP contribution is 2.29. The van der Waals surface area contributed by atoms with E-state index in [1.54, 1.807) is 0 Å². The molecule has 1 aliphatic rings. The van der Waals surface area contributed by atoms with Gasteiger partial charge in [-0.1, -0.05) is 60.7 Å². The van der Waals surface area contributed by atoms with Crippen LogP contribution in [0, 0.1) is 0 Å². The molecule has 0 unspecified atom stereocenters. The van der Waals surface area contributed by atoms with Crippen LogP contribution < -0.4 is 4.90 Å². The Balaban J connectivity index is 1.85. The summed E-state index contributed by atoms with van der Waals surface area (Å²) in [6, 6.07) is 20.2. The van der Waals surface area contributed by atoms with Crippen LogP contribution in [0.15, 0.2) is 60.7 Å². The fourth-order valence-electron chi connectivity index (χ4n) is 3.70. The lowest BCUT2D eigenvalue weighted by atomic mass is 9.91. The number of rotatable bonds is 5. The van der Waals surface area contributed by atoms with Crippen LogP contribution in [0.2, 0.25) is 0 Å². The van der Waals surface area contributed by atoms with Crippen LogP contribution in [0.1, 0.15) is 36.3 Å². The maximum Gasteiger partial charge on any atom is 0.318 e. The van der Waals surface area contributed by atoms with Gasteiger partial charge in [0, 0.05) is 6.42 Å². The zero-order chi connectivity index (χ0) is 16.9. The van der Waals surface area contributed by atoms with E-state index in [9.17, 15) is 4.79 Å². The summed E-state index contributed by atoms with van der Waals surface area (Å²) in [5.74, 6) is -0.489. The van der Waals surface area contributed by atoms with Gasteiger partial charge in [-0.2, -0.15) is 0 Å². The van der Waals surface area contributed by atoms with Gasteiger partial charge in [-0.15, -0.1) is 0 Å². The lowest BCUT2D eigenvalue weighted by Crippen LogP contribution is -3.11. The van der Waals surface area contributed by atoms with Gasteiger partial charge in [0.15, 0.2) is 6.10 Å². The minimum absolute atomic E-state index is 0.0254. The Bertz CT molecular complexity index is 615. The molecule has 24 heavy (non-hydrogen) atoms. The number of likely N-dealkylation sites (N-methyl/N-ethyl adjacent to an activating group) is 1. The van der Waals surface area contributed by atoms with E-state index in [0.717, 1.165) is 30.4 Å². The third-order valence-corrected chi connectivity index (χ3v) is 4.96. The number of hydrogen-bond acceptors (Lipinski definition) is 2. The van der Waals surface area contributed by atoms with E-state index < -0.39 is 0 Å². The van der Waals surface area contributed by atoms with E-state index in [0.29, 0.717) is 6.04 Å². The van der Waals surface area contributed by atoms with Crippen LogP contribution in [0.5, 0.6) is 0 Å². The zero-order valence-electron chi connectivity index (χ0n) is 14.4. The van der Waals surface area contributed by atoms with Crippen molar-refractivity contribution in [3.8, 4) is 0 Å². The van der Waals surface area contributed by atoms with E-state index >= 15 is 0 Å². The Hall–Kier alpha value is -2.13. The van der Waals surface area contributed by atoms with Crippen LogP contribution >= 0.6 is 0 Å². The fraction of sp³-hybridized carbons (Fsp3) is 0.381. The average molecular weight is 324 g/mol. The van der Waals surface area contributed by atoms with Crippen LogP contribution in [-0.2, 0) is 9.53 Å². The molecule has 0 aromatic heterocycles. The first-order chi connectivity index (χ1) is 11.7. The van der Waals surface area contributed by atoms with Gasteiger partial charge in [0.2, 0.25) is 0 Å². The molecule has 2 aromatic carbocycles. The van der Waals surface area contributed by atoms with Gasteiger partial charge < -0.3 is 9.64 Å². The van der Waals surface area contributed by atoms with Crippen molar-refractivity contribution in [2.45, 2.75) is 37.3 Å². The molecule has 1 aliphatic carbocycles. The van der Waals surface area contributed by atoms with Crippen molar-refractivity contribution in [2.24, 2.45) is 0 Å². The number of hydrogen-bond donors (Lipinski definition) is 1. The first-order valence-electron chi connectivity index (χ1n) is 8.77. The molecule has 3 rings (SSSR count). The molecule has 1 N–H and O–H groups in total. The summed E-state index contributed by atoms with van der Waals surface area (Å²) in [4.78, 5) is 14.4. The van der Waals surface area contributed by atoms with Crippen molar-refractivity contribution < 1.29 is 14.4 Å². The molecule has 0 radical (unpaired) electrons. The highest BCUT2D eigenvalue weighted by molar-refractivity contribution is 5.82. The lowest BCUT2D eigenvalue weighted by Gasteiger charge is -2.25. The van der Waals surface area contributed by atoms with Crippen molar-refractivity contribution in [1.29, 1.82) is 0 Å². The highest BCUT2D eigenvalue weighted by atomic mass is 16.5. The predicted octanol–water partition coefficient (Wildman–Crippen LogP) is 2.43. The van der Waals surface area contributed by atoms with Crippen LogP contribution in [0.4, 0.5) is 0 Å². The van der Waals surface area contributed by atoms with Crippen LogP contribution in [-0.4, -0.2) is 32.2 Å². The predicted molar refractivity (Wildman–Crippen MR) is 95.1 cm³/mol. The Morgan fingerprint density at radius 3 is 2.00 bits per heavy atom. The molecule has 3 heteroatoms. The largest absolute Gasteiger partial charge is 0.455 e. The second-order valence-corrected chi connectivity index (χ2v) is 6.84. The molecule has 1 saturated carbocycles. The fourth-order valence-corrected chi connectivity index (χ4v) is 3.70. The molecule has 0 saturated heterocycles. The van der Waals surface area contributed by atoms with Gasteiger partial charge in [-0.25, -0.2) is 0 Å². The molecule has 1 fully saturated rings. The maximum atomic E-state index is 13.0. The summed E-state index contributed by atoms with van der Waals surface area (Å²) in [5, 5.41) is 0. The van der Waals surface area contributed by atoms with Crippen molar-refractivity contribution in [3.63, 3.8) is 0 Å². The van der Waals surface area contributed by atoms with Crippen molar-refractivity contribution in [2.75, 3.05) is 14.1 Å². The number of carbonyl (C=O) groups is 1. The summed E-state index contributed by atoms with van der Waals surface area (Å²) in [5.41, 5.74) is 1.97. The van der Waals surface area contributed by atoms with Gasteiger partial charge >= 0.3 is 5.97 Å². The van der Waals surface area contributed by atoms with Gasteiger partial charge in [0.05, 0.1) is 14.1 Å². The van der Waals surface area contributed by atoms with Gasteiger partial charge in [-0.3, -0.25) is 4.79 Å². The van der Waals surface area contributed by atoms with Crippen molar-refractivity contribution >= 4 is 5.97 Å². The molecule has 2 aromatic rings. The normalized spacial score (nSPS) is 20.5. The molecule has 2 atom stereocenters. The minimum Gasteiger partial charge on any atom is -0.455 e. The average Bonchev–Trinajstić information content (AvgIpc) is 3.05. The maximum absolute atomic E-state index is 13.0. The standard InChI is InChI=1S/C21H25NO2/c1-22(2)18-14-9-15-19(18)24-21(23)20(16-10-5-3-6-11-16)17-12-7-4-8-13-17/h3-8,10-13,18-20H,9,14-15H2,1-2H3/p+1/t18-,19-/m1/s1. The molecular formula is C21H26NO2+. The monoisotopic (exact) mass is 324 g/mol. The second kappa shape index (κ2) is 7.63. The number of benzene rings is 2. The molecule has 3 nitrogen and oxygen atoms in total. The molecule has 0 aliphatic heterocycles. The lowest BCUT2D eigenvalue weighted by molar-refractivity contribution is -0.888. The summed E-state index contributed by atoms with van der Waals surface area (Å²) < 4.78 is 6.00. The Morgan fingerprint density at radius 1 is 0.958 bits per heavy atom. The third-order valence-electron chi connectivity index (χ3n) is 4.96. The SMILES string of the molecule is C[NH+](C)[C@@H]1CCC[C@H]1OC(=O)C(c1ccccc1)c1ccccc1. The Labute approximate surface area is 144 Å². The first kappa shape index (κ1) is 16.7. The topological polar surface area (TPSA) is 30.7 Å². The summed E-state index contributed by atoms with van der Waals surface area (Å²) >= 11 is 0. The highest BCUT2D eigenvalue weighted by Gasteiger charge is 2.37. The molecule has 126 valence electrons. The second-order valence-electron chi connectivity index (χ2n) is 6.84. The number of esters is 1. The minimum atomic E-state index is -0.356. The van der Waals surface area contributed by atoms with Crippen molar-refractivity contribution in [3.05, 3.63) is 71.8 Å². The number of quaternary nitrogens is 1. The van der Waals surface area contributed by atoms with Crippen LogP contribution in [0.25, 0.3) is 0 Å². The third kappa shape index (κ3) is 3.68. The van der Waals surface area contributed by atoms with E-state index in [4.69, 9.17) is 4.74 Å². The molecule has 0 amide bonds. The Morgan fingerprint density at radius 2 is 1.50 bits per heavy atom. The van der Waals surface area contributed by atoms with Crippen molar-refractivity contribution in [1.82, 2.24) is 0 Å². The molecule has 0 bridgehead atoms. The zero-order valence-corrected chi connectivity index (χ0v) is 14.4. The smallest absolute Gasteiger partial charge is 0.318 e. The molecule has 0 heterocycles. The molecule has 0 spiro atoms. The number of ether oxygens (including phenoxy) is 1. The number of carbonyl (C=O) groups excluding carboxylic acids is 1.